The summed E-state index contributed by atoms with van der Waals surface area (Å²) in [5.41, 5.74) is 0. The van der Waals surface area contributed by atoms with Gasteiger partial charge in [0.25, 0.3) is 0 Å². The first-order chi connectivity index (χ1) is 8.04. The van der Waals surface area contributed by atoms with E-state index in [-0.39, 0.29) is 12.5 Å². The molecule has 0 aromatic heterocycles. The first-order valence-corrected chi connectivity index (χ1v) is 5.42. The molecule has 0 radical (unpaired) electrons. The summed E-state index contributed by atoms with van der Waals surface area (Å²) in [6.45, 7) is 5.38. The third-order valence-corrected chi connectivity index (χ3v) is 2.09. The first kappa shape index (κ1) is 15.0. The second kappa shape index (κ2) is 8.22. The predicted octanol–water partition coefficient (Wildman–Crippen LogP) is 1.12. The Kier molecular flexibility index (Phi) is 7.27. The van der Waals surface area contributed by atoms with Crippen LogP contribution in [-0.2, 0) is 4.79 Å². The van der Waals surface area contributed by atoms with Gasteiger partial charge < -0.3 is 15.7 Å². The van der Waals surface area contributed by atoms with Crippen LogP contribution in [0.15, 0.2) is 12.7 Å². The normalized spacial score (nSPS) is 12.9. The minimum absolute atomic E-state index is 0.164. The molecule has 0 aliphatic heterocycles. The molecule has 94 valence electrons. The van der Waals surface area contributed by atoms with Crippen molar-refractivity contribution in [2.75, 3.05) is 0 Å². The van der Waals surface area contributed by atoms with Gasteiger partial charge in [-0.15, -0.1) is 13.0 Å². The van der Waals surface area contributed by atoms with Crippen LogP contribution in [0.3, 0.4) is 0 Å². The lowest BCUT2D eigenvalue weighted by molar-refractivity contribution is -0.139. The fourth-order valence-electron chi connectivity index (χ4n) is 1.23. The number of rotatable bonds is 7. The molecule has 3 N–H and O–H groups in total. The minimum atomic E-state index is -1.10. The van der Waals surface area contributed by atoms with Gasteiger partial charge in [0.05, 0.1) is 6.04 Å². The van der Waals surface area contributed by atoms with Gasteiger partial charge in [0.15, 0.2) is 0 Å². The van der Waals surface area contributed by atoms with Crippen LogP contribution in [0.25, 0.3) is 0 Å². The molecule has 0 aliphatic carbocycles. The van der Waals surface area contributed by atoms with Crippen LogP contribution in [0.4, 0.5) is 4.79 Å². The molecule has 0 aromatic rings. The zero-order valence-electron chi connectivity index (χ0n) is 9.90. The van der Waals surface area contributed by atoms with E-state index < -0.39 is 18.0 Å². The van der Waals surface area contributed by atoms with Crippen LogP contribution in [0.1, 0.15) is 26.2 Å². The summed E-state index contributed by atoms with van der Waals surface area (Å²) in [7, 11) is 0. The summed E-state index contributed by atoms with van der Waals surface area (Å²) in [5.74, 6) is 1.32. The molecule has 0 bridgehead atoms. The highest BCUT2D eigenvalue weighted by Crippen LogP contribution is 1.96. The lowest BCUT2D eigenvalue weighted by Gasteiger charge is -2.16. The number of amides is 2. The van der Waals surface area contributed by atoms with Crippen LogP contribution in [0.2, 0.25) is 0 Å². The van der Waals surface area contributed by atoms with E-state index >= 15 is 0 Å². The van der Waals surface area contributed by atoms with Crippen molar-refractivity contribution < 1.29 is 14.7 Å². The van der Waals surface area contributed by atoms with Gasteiger partial charge in [0.1, 0.15) is 6.04 Å². The summed E-state index contributed by atoms with van der Waals surface area (Å²) >= 11 is 0. The second-order valence-electron chi connectivity index (χ2n) is 3.54. The summed E-state index contributed by atoms with van der Waals surface area (Å²) in [6, 6.07) is -1.93. The number of urea groups is 1. The first-order valence-electron chi connectivity index (χ1n) is 5.42. The molecule has 0 aliphatic rings. The number of nitrogens with one attached hydrogen (secondary N) is 2. The SMILES string of the molecule is C#CC(CCC)NC(=O)NC(CC=C)C(=O)O. The van der Waals surface area contributed by atoms with E-state index in [0.717, 1.165) is 6.42 Å². The Bertz CT molecular complexity index is 320. The van der Waals surface area contributed by atoms with E-state index in [4.69, 9.17) is 11.5 Å². The van der Waals surface area contributed by atoms with Crippen molar-refractivity contribution in [3.8, 4) is 12.3 Å². The number of carboxylic acids is 1. The zero-order chi connectivity index (χ0) is 13.3. The van der Waals surface area contributed by atoms with E-state index in [1.54, 1.807) is 0 Å². The van der Waals surface area contributed by atoms with Crippen LogP contribution in [0.5, 0.6) is 0 Å². The van der Waals surface area contributed by atoms with E-state index in [0.29, 0.717) is 6.42 Å². The Morgan fingerprint density at radius 2 is 2.18 bits per heavy atom. The van der Waals surface area contributed by atoms with Crippen LogP contribution in [-0.4, -0.2) is 29.2 Å². The van der Waals surface area contributed by atoms with Crippen molar-refractivity contribution in [3.05, 3.63) is 12.7 Å². The van der Waals surface area contributed by atoms with Crippen molar-refractivity contribution >= 4 is 12.0 Å². The van der Waals surface area contributed by atoms with E-state index in [2.05, 4.69) is 23.1 Å². The third kappa shape index (κ3) is 6.25. The highest BCUT2D eigenvalue weighted by molar-refractivity contribution is 5.82. The third-order valence-electron chi connectivity index (χ3n) is 2.09. The molecule has 17 heavy (non-hydrogen) atoms. The quantitative estimate of drug-likeness (QED) is 0.459. The predicted molar refractivity (Wildman–Crippen MR) is 65.4 cm³/mol. The zero-order valence-corrected chi connectivity index (χ0v) is 9.90. The smallest absolute Gasteiger partial charge is 0.326 e. The average Bonchev–Trinajstić information content (AvgIpc) is 2.27. The lowest BCUT2D eigenvalue weighted by Crippen LogP contribution is -2.48. The molecule has 0 heterocycles. The molecule has 0 saturated heterocycles. The van der Waals surface area contributed by atoms with E-state index in [1.165, 1.54) is 6.08 Å². The summed E-state index contributed by atoms with van der Waals surface area (Å²) < 4.78 is 0. The van der Waals surface area contributed by atoms with Crippen molar-refractivity contribution in [2.24, 2.45) is 0 Å². The molecule has 5 nitrogen and oxygen atoms in total. The molecule has 2 atom stereocenters. The van der Waals surface area contributed by atoms with Crippen molar-refractivity contribution in [3.63, 3.8) is 0 Å². The molecular formula is C12H18N2O3. The number of hydrogen-bond donors (Lipinski definition) is 3. The number of carbonyl (C=O) groups excluding carboxylic acids is 1. The maximum atomic E-state index is 11.5. The molecule has 0 spiro atoms. The van der Waals surface area contributed by atoms with Gasteiger partial charge in [-0.05, 0) is 12.8 Å². The number of carbonyl (C=O) groups is 2. The molecular weight excluding hydrogens is 220 g/mol. The standard InChI is InChI=1S/C12H18N2O3/c1-4-7-9(6-3)13-12(17)14-10(8-5-2)11(15)16/h3,5,9-10H,2,4,7-8H2,1H3,(H,15,16)(H2,13,14,17). The monoisotopic (exact) mass is 238 g/mol. The molecule has 0 saturated carbocycles. The maximum absolute atomic E-state index is 11.5. The van der Waals surface area contributed by atoms with Gasteiger partial charge in [-0.1, -0.05) is 25.3 Å². The highest BCUT2D eigenvalue weighted by atomic mass is 16.4. The van der Waals surface area contributed by atoms with Gasteiger partial charge >= 0.3 is 12.0 Å². The molecule has 0 aromatic carbocycles. The second-order valence-corrected chi connectivity index (χ2v) is 3.54. The fraction of sp³-hybridized carbons (Fsp3) is 0.500. The Morgan fingerprint density at radius 3 is 2.59 bits per heavy atom. The molecule has 5 heteroatoms. The molecule has 0 rings (SSSR count). The number of hydrogen-bond acceptors (Lipinski definition) is 2. The van der Waals surface area contributed by atoms with Crippen LogP contribution >= 0.6 is 0 Å². The van der Waals surface area contributed by atoms with E-state index in [1.807, 2.05) is 6.92 Å². The van der Waals surface area contributed by atoms with Gasteiger partial charge in [-0.3, -0.25) is 0 Å². The average molecular weight is 238 g/mol. The maximum Gasteiger partial charge on any atom is 0.326 e. The molecule has 2 unspecified atom stereocenters. The molecule has 0 fully saturated rings. The van der Waals surface area contributed by atoms with Crippen molar-refractivity contribution in [2.45, 2.75) is 38.3 Å². The van der Waals surface area contributed by atoms with Crippen LogP contribution < -0.4 is 10.6 Å². The van der Waals surface area contributed by atoms with Crippen molar-refractivity contribution in [1.82, 2.24) is 10.6 Å². The van der Waals surface area contributed by atoms with Gasteiger partial charge in [-0.2, -0.15) is 0 Å². The van der Waals surface area contributed by atoms with Crippen LogP contribution in [0, 0.1) is 12.3 Å². The highest BCUT2D eigenvalue weighted by Gasteiger charge is 2.19. The topological polar surface area (TPSA) is 78.4 Å². The largest absolute Gasteiger partial charge is 0.480 e. The fourth-order valence-corrected chi connectivity index (χ4v) is 1.23. The molecule has 2 amide bonds. The van der Waals surface area contributed by atoms with Gasteiger partial charge in [-0.25, -0.2) is 9.59 Å². The lowest BCUT2D eigenvalue weighted by atomic mass is 10.2. The van der Waals surface area contributed by atoms with Gasteiger partial charge in [0.2, 0.25) is 0 Å². The van der Waals surface area contributed by atoms with Crippen molar-refractivity contribution in [1.29, 1.82) is 0 Å². The Labute approximate surface area is 101 Å². The summed E-state index contributed by atoms with van der Waals surface area (Å²) in [4.78, 5) is 22.2. The Hall–Kier alpha value is -1.96. The summed E-state index contributed by atoms with van der Waals surface area (Å²) in [5, 5.41) is 13.7. The van der Waals surface area contributed by atoms with E-state index in [9.17, 15) is 9.59 Å². The minimum Gasteiger partial charge on any atom is -0.480 e. The Balaban J connectivity index is 4.27. The number of terminal acetylenes is 1. The summed E-state index contributed by atoms with van der Waals surface area (Å²) in [6.07, 6.45) is 8.32. The number of carboxylic acid groups (broad SMARTS) is 1. The number of aliphatic carboxylic acids is 1. The Morgan fingerprint density at radius 1 is 1.53 bits per heavy atom. The van der Waals surface area contributed by atoms with Gasteiger partial charge in [0, 0.05) is 0 Å².